The van der Waals surface area contributed by atoms with Crippen molar-refractivity contribution < 1.29 is 14.3 Å². The number of anilines is 1. The van der Waals surface area contributed by atoms with E-state index in [2.05, 4.69) is 11.4 Å². The fourth-order valence-corrected chi connectivity index (χ4v) is 2.62. The molecular weight excluding hydrogens is 352 g/mol. The Bertz CT molecular complexity index is 1020. The van der Waals surface area contributed by atoms with Gasteiger partial charge < -0.3 is 10.1 Å². The van der Waals surface area contributed by atoms with Crippen LogP contribution < -0.4 is 10.1 Å². The second kappa shape index (κ2) is 8.65. The Morgan fingerprint density at radius 1 is 0.893 bits per heavy atom. The predicted octanol–water partition coefficient (Wildman–Crippen LogP) is 4.45. The number of Topliss-reactive ketones (excluding diaryl/α,β-unsaturated/α-hetero) is 1. The first kappa shape index (κ1) is 18.9. The third-order valence-electron chi connectivity index (χ3n) is 4.15. The maximum absolute atomic E-state index is 12.0. The number of benzene rings is 3. The summed E-state index contributed by atoms with van der Waals surface area (Å²) in [5.74, 6) is 0.275. The molecule has 0 aliphatic rings. The van der Waals surface area contributed by atoms with Crippen LogP contribution in [0, 0.1) is 11.3 Å². The van der Waals surface area contributed by atoms with Gasteiger partial charge in [-0.2, -0.15) is 5.26 Å². The number of hydrogen-bond acceptors (Lipinski definition) is 4. The first-order valence-corrected chi connectivity index (χ1v) is 8.69. The number of nitriles is 1. The van der Waals surface area contributed by atoms with E-state index in [1.54, 1.807) is 48.5 Å². The van der Waals surface area contributed by atoms with Gasteiger partial charge in [0.05, 0.1) is 11.6 Å². The highest BCUT2D eigenvalue weighted by molar-refractivity contribution is 5.95. The lowest BCUT2D eigenvalue weighted by molar-refractivity contribution is -0.118. The smallest absolute Gasteiger partial charge is 0.262 e. The van der Waals surface area contributed by atoms with Crippen molar-refractivity contribution >= 4 is 17.4 Å². The fourth-order valence-electron chi connectivity index (χ4n) is 2.62. The van der Waals surface area contributed by atoms with Gasteiger partial charge in [-0.05, 0) is 66.6 Å². The lowest BCUT2D eigenvalue weighted by Crippen LogP contribution is -2.20. The zero-order valence-corrected chi connectivity index (χ0v) is 15.3. The molecule has 3 aromatic carbocycles. The van der Waals surface area contributed by atoms with Crippen LogP contribution in [0.1, 0.15) is 22.8 Å². The average Bonchev–Trinajstić information content (AvgIpc) is 2.73. The van der Waals surface area contributed by atoms with Crippen molar-refractivity contribution in [3.05, 3.63) is 83.9 Å². The van der Waals surface area contributed by atoms with Crippen LogP contribution in [0.4, 0.5) is 5.69 Å². The van der Waals surface area contributed by atoms with E-state index in [0.29, 0.717) is 22.6 Å². The van der Waals surface area contributed by atoms with Gasteiger partial charge in [-0.1, -0.05) is 24.3 Å². The Labute approximate surface area is 163 Å². The van der Waals surface area contributed by atoms with Gasteiger partial charge in [0.1, 0.15) is 5.75 Å². The standard InChI is InChI=1S/C23H18N2O3/c1-16(26)18-6-10-21(11-7-18)25-23(27)15-28-22-12-8-20(9-13-22)19-4-2-17(14-24)3-5-19/h2-13H,15H2,1H3,(H,25,27). The number of ether oxygens (including phenoxy) is 1. The van der Waals surface area contributed by atoms with Gasteiger partial charge in [0, 0.05) is 11.3 Å². The largest absolute Gasteiger partial charge is 0.484 e. The first-order chi connectivity index (χ1) is 13.5. The summed E-state index contributed by atoms with van der Waals surface area (Å²) in [7, 11) is 0. The Morgan fingerprint density at radius 3 is 2.00 bits per heavy atom. The molecule has 0 unspecified atom stereocenters. The third-order valence-corrected chi connectivity index (χ3v) is 4.15. The summed E-state index contributed by atoms with van der Waals surface area (Å²) in [5.41, 5.74) is 3.81. The Kier molecular flexibility index (Phi) is 5.83. The number of hydrogen-bond donors (Lipinski definition) is 1. The highest BCUT2D eigenvalue weighted by Gasteiger charge is 2.06. The van der Waals surface area contributed by atoms with Crippen LogP contribution in [0.5, 0.6) is 5.75 Å². The number of nitrogens with zero attached hydrogens (tertiary/aromatic N) is 1. The second-order valence-corrected chi connectivity index (χ2v) is 6.18. The maximum atomic E-state index is 12.0. The van der Waals surface area contributed by atoms with Gasteiger partial charge in [-0.15, -0.1) is 0 Å². The van der Waals surface area contributed by atoms with E-state index in [1.165, 1.54) is 6.92 Å². The van der Waals surface area contributed by atoms with Gasteiger partial charge >= 0.3 is 0 Å². The van der Waals surface area contributed by atoms with Crippen LogP contribution in [0.15, 0.2) is 72.8 Å². The van der Waals surface area contributed by atoms with Gasteiger partial charge in [0.2, 0.25) is 0 Å². The minimum atomic E-state index is -0.285. The van der Waals surface area contributed by atoms with Crippen molar-refractivity contribution in [3.63, 3.8) is 0 Å². The quantitative estimate of drug-likeness (QED) is 0.650. The number of ketones is 1. The fraction of sp³-hybridized carbons (Fsp3) is 0.0870. The van der Waals surface area contributed by atoms with Crippen molar-refractivity contribution in [2.24, 2.45) is 0 Å². The van der Waals surface area contributed by atoms with E-state index in [0.717, 1.165) is 11.1 Å². The van der Waals surface area contributed by atoms with Gasteiger partial charge in [0.15, 0.2) is 12.4 Å². The highest BCUT2D eigenvalue weighted by Crippen LogP contribution is 2.22. The predicted molar refractivity (Wildman–Crippen MR) is 107 cm³/mol. The molecule has 5 nitrogen and oxygen atoms in total. The van der Waals surface area contributed by atoms with Crippen LogP contribution in [0.25, 0.3) is 11.1 Å². The van der Waals surface area contributed by atoms with Crippen LogP contribution in [-0.2, 0) is 4.79 Å². The van der Waals surface area contributed by atoms with E-state index in [9.17, 15) is 9.59 Å². The SMILES string of the molecule is CC(=O)c1ccc(NC(=O)COc2ccc(-c3ccc(C#N)cc3)cc2)cc1. The average molecular weight is 370 g/mol. The number of carbonyl (C=O) groups excluding carboxylic acids is 2. The maximum Gasteiger partial charge on any atom is 0.262 e. The molecule has 0 heterocycles. The normalized spacial score (nSPS) is 10.0. The molecule has 0 aliphatic carbocycles. The number of amides is 1. The number of nitrogens with one attached hydrogen (secondary N) is 1. The minimum Gasteiger partial charge on any atom is -0.484 e. The molecule has 3 aromatic rings. The third kappa shape index (κ3) is 4.83. The molecule has 0 fully saturated rings. The molecular formula is C23H18N2O3. The molecule has 138 valence electrons. The van der Waals surface area contributed by atoms with Crippen molar-refractivity contribution in [1.82, 2.24) is 0 Å². The van der Waals surface area contributed by atoms with Crippen molar-refractivity contribution in [1.29, 1.82) is 5.26 Å². The van der Waals surface area contributed by atoms with E-state index < -0.39 is 0 Å². The Morgan fingerprint density at radius 2 is 1.46 bits per heavy atom. The zero-order chi connectivity index (χ0) is 19.9. The number of rotatable bonds is 6. The summed E-state index contributed by atoms with van der Waals surface area (Å²) < 4.78 is 5.52. The summed E-state index contributed by atoms with van der Waals surface area (Å²) in [6.07, 6.45) is 0. The lowest BCUT2D eigenvalue weighted by Gasteiger charge is -2.09. The lowest BCUT2D eigenvalue weighted by atomic mass is 10.0. The van der Waals surface area contributed by atoms with Crippen LogP contribution >= 0.6 is 0 Å². The summed E-state index contributed by atoms with van der Waals surface area (Å²) in [4.78, 5) is 23.3. The molecule has 0 aliphatic heterocycles. The molecule has 0 spiro atoms. The molecule has 5 heteroatoms. The van der Waals surface area contributed by atoms with Crippen molar-refractivity contribution in [2.45, 2.75) is 6.92 Å². The van der Waals surface area contributed by atoms with Crippen LogP contribution in [0.2, 0.25) is 0 Å². The minimum absolute atomic E-state index is 0.0225. The van der Waals surface area contributed by atoms with Gasteiger partial charge in [-0.3, -0.25) is 9.59 Å². The molecule has 28 heavy (non-hydrogen) atoms. The molecule has 0 aromatic heterocycles. The summed E-state index contributed by atoms with van der Waals surface area (Å²) in [5, 5.41) is 11.6. The Hall–Kier alpha value is -3.91. The van der Waals surface area contributed by atoms with Crippen LogP contribution in [0.3, 0.4) is 0 Å². The number of carbonyl (C=O) groups is 2. The van der Waals surface area contributed by atoms with Crippen molar-refractivity contribution in [3.8, 4) is 22.9 Å². The molecule has 0 saturated carbocycles. The Balaban J connectivity index is 1.54. The van der Waals surface area contributed by atoms with E-state index in [-0.39, 0.29) is 18.3 Å². The molecule has 0 saturated heterocycles. The van der Waals surface area contributed by atoms with Gasteiger partial charge in [0.25, 0.3) is 5.91 Å². The zero-order valence-electron chi connectivity index (χ0n) is 15.3. The topological polar surface area (TPSA) is 79.2 Å². The highest BCUT2D eigenvalue weighted by atomic mass is 16.5. The molecule has 1 amide bonds. The van der Waals surface area contributed by atoms with E-state index in [4.69, 9.17) is 10.00 Å². The molecule has 0 radical (unpaired) electrons. The van der Waals surface area contributed by atoms with E-state index in [1.807, 2.05) is 24.3 Å². The van der Waals surface area contributed by atoms with Gasteiger partial charge in [-0.25, -0.2) is 0 Å². The second-order valence-electron chi connectivity index (χ2n) is 6.18. The molecule has 3 rings (SSSR count). The summed E-state index contributed by atoms with van der Waals surface area (Å²) >= 11 is 0. The van der Waals surface area contributed by atoms with Crippen LogP contribution in [-0.4, -0.2) is 18.3 Å². The molecule has 1 N–H and O–H groups in total. The van der Waals surface area contributed by atoms with E-state index >= 15 is 0 Å². The first-order valence-electron chi connectivity index (χ1n) is 8.69. The summed E-state index contributed by atoms with van der Waals surface area (Å²) in [6.45, 7) is 1.37. The molecule has 0 bridgehead atoms. The molecule has 0 atom stereocenters. The summed E-state index contributed by atoms with van der Waals surface area (Å²) in [6, 6.07) is 23.5. The monoisotopic (exact) mass is 370 g/mol. The van der Waals surface area contributed by atoms with Crippen molar-refractivity contribution in [2.75, 3.05) is 11.9 Å².